The van der Waals surface area contributed by atoms with Gasteiger partial charge in [0.2, 0.25) is 0 Å². The summed E-state index contributed by atoms with van der Waals surface area (Å²) in [6.07, 6.45) is 7.54. The number of benzene rings is 2. The molecular formula is C25H31N. The molecule has 0 saturated carbocycles. The lowest BCUT2D eigenvalue weighted by Crippen LogP contribution is -2.11. The van der Waals surface area contributed by atoms with Crippen molar-refractivity contribution in [2.45, 2.75) is 58.8 Å². The topological polar surface area (TPSA) is 15.8 Å². The zero-order chi connectivity index (χ0) is 18.9. The fraction of sp³-hybridized carbons (Fsp3) is 0.360. The normalized spacial score (nSPS) is 13.5. The van der Waals surface area contributed by atoms with E-state index in [1.54, 1.807) is 0 Å². The first-order valence-electron chi connectivity index (χ1n) is 9.52. The Morgan fingerprint density at radius 3 is 2.12 bits per heavy atom. The Morgan fingerprint density at radius 1 is 0.769 bits per heavy atom. The number of H-pyrrole nitrogens is 1. The number of allylic oxidation sites excluding steroid dienone is 1. The SMILES string of the molecule is CC(C)(C)c1ccc2[nH]ccc2c1.CC(C)(C)c1ccc2c(c1)CC=C2. The molecule has 0 radical (unpaired) electrons. The van der Waals surface area contributed by atoms with Gasteiger partial charge >= 0.3 is 0 Å². The minimum Gasteiger partial charge on any atom is -0.361 e. The van der Waals surface area contributed by atoms with Crippen molar-refractivity contribution in [1.82, 2.24) is 4.98 Å². The largest absolute Gasteiger partial charge is 0.361 e. The van der Waals surface area contributed by atoms with Crippen molar-refractivity contribution in [2.24, 2.45) is 0 Å². The first kappa shape index (κ1) is 18.5. The Labute approximate surface area is 158 Å². The highest BCUT2D eigenvalue weighted by molar-refractivity contribution is 5.80. The highest BCUT2D eigenvalue weighted by Crippen LogP contribution is 2.28. The molecule has 1 heteroatoms. The van der Waals surface area contributed by atoms with E-state index < -0.39 is 0 Å². The van der Waals surface area contributed by atoms with E-state index >= 15 is 0 Å². The molecule has 1 N–H and O–H groups in total. The molecule has 0 atom stereocenters. The van der Waals surface area contributed by atoms with Crippen LogP contribution in [0.5, 0.6) is 0 Å². The van der Waals surface area contributed by atoms with E-state index in [1.807, 2.05) is 6.20 Å². The maximum absolute atomic E-state index is 3.20. The van der Waals surface area contributed by atoms with Gasteiger partial charge < -0.3 is 4.98 Å². The van der Waals surface area contributed by atoms with Crippen LogP contribution in [0.3, 0.4) is 0 Å². The van der Waals surface area contributed by atoms with Crippen LogP contribution in [0.1, 0.15) is 63.8 Å². The molecule has 1 heterocycles. The smallest absolute Gasteiger partial charge is 0.0454 e. The molecule has 2 aromatic carbocycles. The van der Waals surface area contributed by atoms with Gasteiger partial charge in [-0.15, -0.1) is 0 Å². The lowest BCUT2D eigenvalue weighted by Gasteiger charge is -2.19. The summed E-state index contributed by atoms with van der Waals surface area (Å²) in [7, 11) is 0. The zero-order valence-electron chi connectivity index (χ0n) is 17.0. The van der Waals surface area contributed by atoms with Crippen LogP contribution in [0, 0.1) is 0 Å². The van der Waals surface area contributed by atoms with E-state index in [1.165, 1.54) is 33.2 Å². The van der Waals surface area contributed by atoms with Crippen LogP contribution in [0.15, 0.2) is 54.7 Å². The number of fused-ring (bicyclic) bond motifs is 2. The molecule has 136 valence electrons. The fourth-order valence-corrected chi connectivity index (χ4v) is 3.24. The first-order chi connectivity index (χ1) is 12.1. The third-order valence-corrected chi connectivity index (χ3v) is 5.06. The van der Waals surface area contributed by atoms with Crippen molar-refractivity contribution in [3.05, 3.63) is 77.0 Å². The van der Waals surface area contributed by atoms with Crippen molar-refractivity contribution >= 4 is 17.0 Å². The van der Waals surface area contributed by atoms with Crippen molar-refractivity contribution in [1.29, 1.82) is 0 Å². The zero-order valence-corrected chi connectivity index (χ0v) is 17.0. The summed E-state index contributed by atoms with van der Waals surface area (Å²) in [6.45, 7) is 13.5. The number of nitrogens with one attached hydrogen (secondary N) is 1. The van der Waals surface area contributed by atoms with E-state index in [-0.39, 0.29) is 10.8 Å². The number of rotatable bonds is 0. The van der Waals surface area contributed by atoms with Gasteiger partial charge in [-0.05, 0) is 63.1 Å². The molecule has 1 nitrogen and oxygen atoms in total. The third-order valence-electron chi connectivity index (χ3n) is 5.06. The van der Waals surface area contributed by atoms with Gasteiger partial charge in [0.15, 0.2) is 0 Å². The number of hydrogen-bond donors (Lipinski definition) is 1. The Bertz CT molecular complexity index is 927. The van der Waals surface area contributed by atoms with Gasteiger partial charge in [0.05, 0.1) is 0 Å². The second kappa shape index (κ2) is 6.79. The Morgan fingerprint density at radius 2 is 1.42 bits per heavy atom. The maximum Gasteiger partial charge on any atom is 0.0454 e. The standard InChI is InChI=1S/C13H16.C12H15N/c1-13(2,3)12-8-7-10-5-4-6-11(10)9-12;1-12(2,3)10-4-5-11-9(8-10)6-7-13-11/h4-5,7-9H,6H2,1-3H3;4-8,13H,1-3H3. The Hall–Kier alpha value is -2.28. The number of aromatic amines is 1. The minimum atomic E-state index is 0.242. The van der Waals surface area contributed by atoms with Crippen LogP contribution >= 0.6 is 0 Å². The molecule has 0 spiro atoms. The van der Waals surface area contributed by atoms with Gasteiger partial charge in [-0.2, -0.15) is 0 Å². The maximum atomic E-state index is 3.20. The van der Waals surface area contributed by atoms with Crippen LogP contribution in [-0.2, 0) is 17.3 Å². The Kier molecular flexibility index (Phi) is 4.84. The van der Waals surface area contributed by atoms with Crippen molar-refractivity contribution in [3.8, 4) is 0 Å². The fourth-order valence-electron chi connectivity index (χ4n) is 3.24. The van der Waals surface area contributed by atoms with Gasteiger partial charge in [-0.1, -0.05) is 78.0 Å². The average molecular weight is 346 g/mol. The van der Waals surface area contributed by atoms with Crippen molar-refractivity contribution in [3.63, 3.8) is 0 Å². The number of aromatic nitrogens is 1. The quantitative estimate of drug-likeness (QED) is 0.450. The predicted molar refractivity (Wildman–Crippen MR) is 115 cm³/mol. The highest BCUT2D eigenvalue weighted by atomic mass is 14.7. The average Bonchev–Trinajstić information content (AvgIpc) is 3.21. The van der Waals surface area contributed by atoms with E-state index in [0.717, 1.165) is 6.42 Å². The Balaban J connectivity index is 0.000000151. The first-order valence-corrected chi connectivity index (χ1v) is 9.52. The lowest BCUT2D eigenvalue weighted by molar-refractivity contribution is 0.589. The van der Waals surface area contributed by atoms with Gasteiger partial charge in [-0.25, -0.2) is 0 Å². The molecule has 3 aromatic rings. The van der Waals surface area contributed by atoms with Crippen LogP contribution in [0.2, 0.25) is 0 Å². The van der Waals surface area contributed by atoms with Gasteiger partial charge in [0.25, 0.3) is 0 Å². The predicted octanol–water partition coefficient (Wildman–Crippen LogP) is 7.02. The van der Waals surface area contributed by atoms with Crippen LogP contribution in [0.25, 0.3) is 17.0 Å². The molecule has 1 aliphatic carbocycles. The van der Waals surface area contributed by atoms with E-state index in [4.69, 9.17) is 0 Å². The second-order valence-corrected chi connectivity index (χ2v) is 9.30. The summed E-state index contributed by atoms with van der Waals surface area (Å²) in [5.74, 6) is 0. The molecule has 0 unspecified atom stereocenters. The summed E-state index contributed by atoms with van der Waals surface area (Å²) >= 11 is 0. The molecule has 0 bridgehead atoms. The van der Waals surface area contributed by atoms with Gasteiger partial charge in [0, 0.05) is 11.7 Å². The van der Waals surface area contributed by atoms with E-state index in [9.17, 15) is 0 Å². The van der Waals surface area contributed by atoms with E-state index in [2.05, 4.69) is 101 Å². The minimum absolute atomic E-state index is 0.242. The third kappa shape index (κ3) is 4.09. The summed E-state index contributed by atoms with van der Waals surface area (Å²) < 4.78 is 0. The van der Waals surface area contributed by atoms with E-state index in [0.29, 0.717) is 0 Å². The van der Waals surface area contributed by atoms with Gasteiger partial charge in [-0.3, -0.25) is 0 Å². The summed E-state index contributed by atoms with van der Waals surface area (Å²) in [4.78, 5) is 3.20. The van der Waals surface area contributed by atoms with Crippen LogP contribution in [-0.4, -0.2) is 4.98 Å². The molecule has 26 heavy (non-hydrogen) atoms. The molecule has 0 amide bonds. The lowest BCUT2D eigenvalue weighted by atomic mass is 9.85. The summed E-state index contributed by atoms with van der Waals surface area (Å²) in [6, 6.07) is 15.5. The molecule has 1 aliphatic rings. The summed E-state index contributed by atoms with van der Waals surface area (Å²) in [5, 5.41) is 1.30. The molecule has 0 saturated heterocycles. The second-order valence-electron chi connectivity index (χ2n) is 9.30. The molecule has 1 aromatic heterocycles. The van der Waals surface area contributed by atoms with Crippen molar-refractivity contribution < 1.29 is 0 Å². The monoisotopic (exact) mass is 345 g/mol. The number of hydrogen-bond acceptors (Lipinski definition) is 0. The molecule has 4 rings (SSSR count). The van der Waals surface area contributed by atoms with Crippen LogP contribution < -0.4 is 0 Å². The summed E-state index contributed by atoms with van der Waals surface area (Å²) in [5.41, 5.74) is 7.44. The van der Waals surface area contributed by atoms with Gasteiger partial charge in [0.1, 0.15) is 0 Å². The van der Waals surface area contributed by atoms with Crippen molar-refractivity contribution in [2.75, 3.05) is 0 Å². The highest BCUT2D eigenvalue weighted by Gasteiger charge is 2.15. The molecule has 0 fully saturated rings. The van der Waals surface area contributed by atoms with Crippen LogP contribution in [0.4, 0.5) is 0 Å². The molecular weight excluding hydrogens is 314 g/mol. The molecule has 0 aliphatic heterocycles.